The quantitative estimate of drug-likeness (QED) is 0.906. The first-order valence-electron chi connectivity index (χ1n) is 6.75. The van der Waals surface area contributed by atoms with Gasteiger partial charge in [0.15, 0.2) is 0 Å². The van der Waals surface area contributed by atoms with Crippen molar-refractivity contribution in [2.75, 3.05) is 7.11 Å². The normalized spacial score (nSPS) is 12.2. The van der Waals surface area contributed by atoms with Crippen molar-refractivity contribution < 1.29 is 14.2 Å². The number of ether oxygens (including phenoxy) is 1. The average Bonchev–Trinajstić information content (AvgIpc) is 2.44. The highest BCUT2D eigenvalue weighted by molar-refractivity contribution is 6.30. The Kier molecular flexibility index (Phi) is 5.21. The summed E-state index contributed by atoms with van der Waals surface area (Å²) < 4.78 is 19.1. The Morgan fingerprint density at radius 1 is 1.19 bits per heavy atom. The van der Waals surface area contributed by atoms with Crippen LogP contribution in [-0.2, 0) is 12.8 Å². The maximum absolute atomic E-state index is 13.8. The minimum absolute atomic E-state index is 0.0767. The average molecular weight is 309 g/mol. The van der Waals surface area contributed by atoms with E-state index in [4.69, 9.17) is 16.3 Å². The molecule has 0 aliphatic carbocycles. The summed E-state index contributed by atoms with van der Waals surface area (Å²) in [5, 5.41) is 10.3. The van der Waals surface area contributed by atoms with Crippen LogP contribution in [0.3, 0.4) is 0 Å². The second-order valence-electron chi connectivity index (χ2n) is 5.09. The van der Waals surface area contributed by atoms with Gasteiger partial charge < -0.3 is 9.84 Å². The second kappa shape index (κ2) is 6.92. The first kappa shape index (κ1) is 15.8. The Hall–Kier alpha value is -1.58. The molecule has 0 spiro atoms. The fourth-order valence-electron chi connectivity index (χ4n) is 2.35. The minimum Gasteiger partial charge on any atom is -0.496 e. The number of methoxy groups -OCH3 is 1. The maximum atomic E-state index is 13.8. The number of aliphatic hydroxyl groups is 1. The van der Waals surface area contributed by atoms with E-state index in [-0.39, 0.29) is 11.4 Å². The standard InChI is InChI=1S/C17H18ClFO2/c1-11-6-7-16(21-2)13(8-11)10-14(20)9-12-4-3-5-15(18)17(12)19/h3-8,14,20H,9-10H2,1-2H3. The van der Waals surface area contributed by atoms with Crippen LogP contribution in [0.5, 0.6) is 5.75 Å². The monoisotopic (exact) mass is 308 g/mol. The van der Waals surface area contributed by atoms with Gasteiger partial charge in [-0.25, -0.2) is 4.39 Å². The molecule has 2 rings (SSSR count). The lowest BCUT2D eigenvalue weighted by molar-refractivity contribution is 0.173. The van der Waals surface area contributed by atoms with E-state index in [0.717, 1.165) is 16.9 Å². The largest absolute Gasteiger partial charge is 0.496 e. The molecule has 2 aromatic carbocycles. The number of benzene rings is 2. The van der Waals surface area contributed by atoms with Crippen LogP contribution in [0.15, 0.2) is 36.4 Å². The van der Waals surface area contributed by atoms with Crippen LogP contribution in [0.1, 0.15) is 16.7 Å². The highest BCUT2D eigenvalue weighted by atomic mass is 35.5. The molecule has 1 N–H and O–H groups in total. The summed E-state index contributed by atoms with van der Waals surface area (Å²) in [7, 11) is 1.59. The van der Waals surface area contributed by atoms with Gasteiger partial charge in [-0.2, -0.15) is 0 Å². The van der Waals surface area contributed by atoms with Crippen molar-refractivity contribution in [3.05, 3.63) is 63.9 Å². The zero-order chi connectivity index (χ0) is 15.4. The Morgan fingerprint density at radius 2 is 1.90 bits per heavy atom. The van der Waals surface area contributed by atoms with Crippen LogP contribution in [0, 0.1) is 12.7 Å². The lowest BCUT2D eigenvalue weighted by Gasteiger charge is -2.15. The van der Waals surface area contributed by atoms with Gasteiger partial charge >= 0.3 is 0 Å². The Labute approximate surface area is 129 Å². The third-order valence-corrected chi connectivity index (χ3v) is 3.67. The third-order valence-electron chi connectivity index (χ3n) is 3.38. The van der Waals surface area contributed by atoms with Crippen molar-refractivity contribution in [1.29, 1.82) is 0 Å². The SMILES string of the molecule is COc1ccc(C)cc1CC(O)Cc1cccc(Cl)c1F. The van der Waals surface area contributed by atoms with Crippen LogP contribution in [0.4, 0.5) is 4.39 Å². The number of hydrogen-bond acceptors (Lipinski definition) is 2. The van der Waals surface area contributed by atoms with Crippen molar-refractivity contribution >= 4 is 11.6 Å². The Bertz CT molecular complexity index is 628. The first-order chi connectivity index (χ1) is 10.0. The van der Waals surface area contributed by atoms with Crippen LogP contribution < -0.4 is 4.74 Å². The maximum Gasteiger partial charge on any atom is 0.145 e. The van der Waals surface area contributed by atoms with Crippen LogP contribution in [-0.4, -0.2) is 18.3 Å². The molecule has 0 aliphatic heterocycles. The summed E-state index contributed by atoms with van der Waals surface area (Å²) in [6, 6.07) is 10.6. The predicted octanol–water partition coefficient (Wildman–Crippen LogP) is 3.94. The molecule has 0 bridgehead atoms. The van der Waals surface area contributed by atoms with E-state index in [0.29, 0.717) is 12.0 Å². The van der Waals surface area contributed by atoms with Gasteiger partial charge in [-0.1, -0.05) is 41.4 Å². The molecule has 0 radical (unpaired) electrons. The summed E-state index contributed by atoms with van der Waals surface area (Å²) >= 11 is 5.75. The van der Waals surface area contributed by atoms with Gasteiger partial charge in [-0.05, 0) is 30.2 Å². The molecular weight excluding hydrogens is 291 g/mol. The Morgan fingerprint density at radius 3 is 2.62 bits per heavy atom. The molecule has 0 saturated heterocycles. The Balaban J connectivity index is 2.13. The lowest BCUT2D eigenvalue weighted by Crippen LogP contribution is -2.15. The molecule has 1 atom stereocenters. The first-order valence-corrected chi connectivity index (χ1v) is 7.13. The van der Waals surface area contributed by atoms with E-state index in [9.17, 15) is 9.50 Å². The van der Waals surface area contributed by atoms with Crippen LogP contribution >= 0.6 is 11.6 Å². The van der Waals surface area contributed by atoms with E-state index >= 15 is 0 Å². The smallest absolute Gasteiger partial charge is 0.145 e. The van der Waals surface area contributed by atoms with Crippen LogP contribution in [0.25, 0.3) is 0 Å². The van der Waals surface area contributed by atoms with Gasteiger partial charge in [0.05, 0.1) is 18.2 Å². The van der Waals surface area contributed by atoms with E-state index in [2.05, 4.69) is 0 Å². The number of hydrogen-bond donors (Lipinski definition) is 1. The molecule has 0 aromatic heterocycles. The summed E-state index contributed by atoms with van der Waals surface area (Å²) in [5.74, 6) is 0.264. The third kappa shape index (κ3) is 3.96. The van der Waals surface area contributed by atoms with Gasteiger partial charge in [0.2, 0.25) is 0 Å². The second-order valence-corrected chi connectivity index (χ2v) is 5.50. The molecule has 2 aromatic rings. The van der Waals surface area contributed by atoms with Gasteiger partial charge in [0, 0.05) is 12.8 Å². The number of aliphatic hydroxyl groups excluding tert-OH is 1. The molecule has 0 amide bonds. The molecular formula is C17H18ClFO2. The zero-order valence-corrected chi connectivity index (χ0v) is 12.8. The number of rotatable bonds is 5. The zero-order valence-electron chi connectivity index (χ0n) is 12.1. The highest BCUT2D eigenvalue weighted by Gasteiger charge is 2.14. The van der Waals surface area contributed by atoms with E-state index in [1.54, 1.807) is 19.2 Å². The molecule has 2 nitrogen and oxygen atoms in total. The van der Waals surface area contributed by atoms with E-state index in [1.165, 1.54) is 6.07 Å². The lowest BCUT2D eigenvalue weighted by atomic mass is 9.99. The van der Waals surface area contributed by atoms with E-state index in [1.807, 2.05) is 25.1 Å². The summed E-state index contributed by atoms with van der Waals surface area (Å²) in [6.45, 7) is 1.98. The van der Waals surface area contributed by atoms with Gasteiger partial charge in [-0.15, -0.1) is 0 Å². The van der Waals surface area contributed by atoms with Crippen molar-refractivity contribution in [2.24, 2.45) is 0 Å². The molecule has 0 fully saturated rings. The molecule has 112 valence electrons. The van der Waals surface area contributed by atoms with Crippen LogP contribution in [0.2, 0.25) is 5.02 Å². The fraction of sp³-hybridized carbons (Fsp3) is 0.294. The highest BCUT2D eigenvalue weighted by Crippen LogP contribution is 2.24. The van der Waals surface area contributed by atoms with Gasteiger partial charge in [0.25, 0.3) is 0 Å². The van der Waals surface area contributed by atoms with Gasteiger partial charge in [-0.3, -0.25) is 0 Å². The van der Waals surface area contributed by atoms with Crippen molar-refractivity contribution in [1.82, 2.24) is 0 Å². The van der Waals surface area contributed by atoms with Crippen molar-refractivity contribution in [2.45, 2.75) is 25.9 Å². The molecule has 0 heterocycles. The molecule has 21 heavy (non-hydrogen) atoms. The molecule has 4 heteroatoms. The number of aryl methyl sites for hydroxylation is 1. The minimum atomic E-state index is -0.700. The molecule has 0 saturated carbocycles. The number of halogens is 2. The van der Waals surface area contributed by atoms with Crippen molar-refractivity contribution in [3.63, 3.8) is 0 Å². The predicted molar refractivity (Wildman–Crippen MR) is 82.6 cm³/mol. The van der Waals surface area contributed by atoms with Crippen molar-refractivity contribution in [3.8, 4) is 5.75 Å². The topological polar surface area (TPSA) is 29.5 Å². The molecule has 1 unspecified atom stereocenters. The van der Waals surface area contributed by atoms with E-state index < -0.39 is 11.9 Å². The summed E-state index contributed by atoms with van der Waals surface area (Å²) in [6.07, 6.45) is -0.0889. The summed E-state index contributed by atoms with van der Waals surface area (Å²) in [5.41, 5.74) is 2.42. The fourth-order valence-corrected chi connectivity index (χ4v) is 2.55. The molecule has 0 aliphatic rings. The van der Waals surface area contributed by atoms with Gasteiger partial charge in [0.1, 0.15) is 11.6 Å². The summed E-state index contributed by atoms with van der Waals surface area (Å²) in [4.78, 5) is 0.